The van der Waals surface area contributed by atoms with Gasteiger partial charge in [0.25, 0.3) is 0 Å². The first-order chi connectivity index (χ1) is 17.3. The van der Waals surface area contributed by atoms with E-state index in [1.807, 2.05) is 24.3 Å². The molecule has 188 valence electrons. The molecule has 0 unspecified atom stereocenters. The minimum Gasteiger partial charge on any atom is -0.206 e. The fourth-order valence-corrected chi connectivity index (χ4v) is 4.65. The lowest BCUT2D eigenvalue weighted by Crippen LogP contribution is -2.04. The number of halogens is 4. The molecule has 0 atom stereocenters. The molecular weight excluding hydrogens is 460 g/mol. The van der Waals surface area contributed by atoms with E-state index in [1.165, 1.54) is 49.8 Å². The molecule has 4 aromatic carbocycles. The highest BCUT2D eigenvalue weighted by Crippen LogP contribution is 2.30. The minimum absolute atomic E-state index is 0.260. The largest absolute Gasteiger partial charge is 0.416 e. The summed E-state index contributed by atoms with van der Waals surface area (Å²) in [4.78, 5) is 0. The third-order valence-electron chi connectivity index (χ3n) is 6.85. The van der Waals surface area contributed by atoms with E-state index in [0.717, 1.165) is 40.6 Å². The number of rotatable bonds is 10. The van der Waals surface area contributed by atoms with Crippen molar-refractivity contribution >= 4 is 10.8 Å². The predicted octanol–water partition coefficient (Wildman–Crippen LogP) is 9.96. The van der Waals surface area contributed by atoms with Crippen LogP contribution in [0.5, 0.6) is 0 Å². The maximum absolute atomic E-state index is 15.2. The second kappa shape index (κ2) is 11.7. The van der Waals surface area contributed by atoms with Gasteiger partial charge in [0.15, 0.2) is 0 Å². The molecule has 0 heterocycles. The van der Waals surface area contributed by atoms with Crippen molar-refractivity contribution < 1.29 is 17.6 Å². The van der Waals surface area contributed by atoms with Gasteiger partial charge in [0.2, 0.25) is 0 Å². The molecule has 36 heavy (non-hydrogen) atoms. The molecule has 4 heteroatoms. The van der Waals surface area contributed by atoms with Crippen LogP contribution in [0, 0.1) is 5.82 Å². The average Bonchev–Trinajstić information content (AvgIpc) is 2.88. The Kier molecular flexibility index (Phi) is 8.45. The first-order valence-corrected chi connectivity index (χ1v) is 12.8. The average molecular weight is 493 g/mol. The highest BCUT2D eigenvalue weighted by Gasteiger charge is 2.29. The molecule has 0 aliphatic carbocycles. The van der Waals surface area contributed by atoms with E-state index in [9.17, 15) is 13.2 Å². The van der Waals surface area contributed by atoms with Gasteiger partial charge in [-0.2, -0.15) is 13.2 Å². The van der Waals surface area contributed by atoms with Crippen LogP contribution in [0.1, 0.15) is 61.3 Å². The molecule has 0 N–H and O–H groups in total. The summed E-state index contributed by atoms with van der Waals surface area (Å²) in [6, 6.07) is 23.2. The Hall–Kier alpha value is -3.14. The van der Waals surface area contributed by atoms with Gasteiger partial charge >= 0.3 is 6.18 Å². The Balaban J connectivity index is 1.42. The lowest BCUT2D eigenvalue weighted by atomic mass is 9.96. The van der Waals surface area contributed by atoms with Crippen molar-refractivity contribution in [3.63, 3.8) is 0 Å². The van der Waals surface area contributed by atoms with Crippen molar-refractivity contribution in [1.82, 2.24) is 0 Å². The van der Waals surface area contributed by atoms with Crippen molar-refractivity contribution in [2.24, 2.45) is 0 Å². The highest BCUT2D eigenvalue weighted by atomic mass is 19.4. The van der Waals surface area contributed by atoms with Crippen molar-refractivity contribution in [1.29, 1.82) is 0 Å². The molecule has 4 rings (SSSR count). The molecule has 0 spiro atoms. The van der Waals surface area contributed by atoms with Gasteiger partial charge < -0.3 is 0 Å². The third kappa shape index (κ3) is 6.54. The molecule has 0 bridgehead atoms. The van der Waals surface area contributed by atoms with Crippen molar-refractivity contribution in [3.8, 4) is 11.1 Å². The normalized spacial score (nSPS) is 11.8. The monoisotopic (exact) mass is 492 g/mol. The molecule has 0 amide bonds. The second-order valence-corrected chi connectivity index (χ2v) is 9.53. The molecule has 0 aliphatic heterocycles. The van der Waals surface area contributed by atoms with E-state index in [-0.39, 0.29) is 5.82 Å². The first kappa shape index (κ1) is 25.9. The molecular formula is C32H32F4. The molecule has 0 saturated heterocycles. The summed E-state index contributed by atoms with van der Waals surface area (Å²) in [5.74, 6) is -0.260. The fourth-order valence-electron chi connectivity index (χ4n) is 4.65. The molecule has 0 saturated carbocycles. The van der Waals surface area contributed by atoms with Crippen LogP contribution in [0.3, 0.4) is 0 Å². The number of alkyl halides is 3. The van der Waals surface area contributed by atoms with E-state index in [2.05, 4.69) is 31.2 Å². The number of aryl methyl sites for hydroxylation is 3. The number of hydrogen-bond donors (Lipinski definition) is 0. The first-order valence-electron chi connectivity index (χ1n) is 12.8. The SMILES string of the molecule is CCCCCCCc1ccc(-c2ccc3c(F)c(CCc4ccc(C(F)(F)F)cc4)ccc3c2)cc1. The van der Waals surface area contributed by atoms with Crippen LogP contribution in [0.4, 0.5) is 17.6 Å². The summed E-state index contributed by atoms with van der Waals surface area (Å²) in [7, 11) is 0. The Morgan fingerprint density at radius 3 is 1.94 bits per heavy atom. The van der Waals surface area contributed by atoms with Gasteiger partial charge in [-0.25, -0.2) is 4.39 Å². The fraction of sp³-hybridized carbons (Fsp3) is 0.312. The summed E-state index contributed by atoms with van der Waals surface area (Å²) in [6.45, 7) is 2.23. The maximum atomic E-state index is 15.2. The second-order valence-electron chi connectivity index (χ2n) is 9.53. The lowest BCUT2D eigenvalue weighted by molar-refractivity contribution is -0.137. The van der Waals surface area contributed by atoms with Crippen LogP contribution in [0.15, 0.2) is 78.9 Å². The molecule has 4 aromatic rings. The van der Waals surface area contributed by atoms with Gasteiger partial charge in [-0.15, -0.1) is 0 Å². The Morgan fingerprint density at radius 2 is 1.25 bits per heavy atom. The van der Waals surface area contributed by atoms with E-state index in [4.69, 9.17) is 0 Å². The quantitative estimate of drug-likeness (QED) is 0.153. The molecule has 0 nitrogen and oxygen atoms in total. The minimum atomic E-state index is -4.35. The number of hydrogen-bond acceptors (Lipinski definition) is 0. The summed E-state index contributed by atoms with van der Waals surface area (Å²) < 4.78 is 53.5. The van der Waals surface area contributed by atoms with Gasteiger partial charge in [-0.3, -0.25) is 0 Å². The van der Waals surface area contributed by atoms with Crippen LogP contribution in [0.25, 0.3) is 21.9 Å². The van der Waals surface area contributed by atoms with E-state index >= 15 is 4.39 Å². The third-order valence-corrected chi connectivity index (χ3v) is 6.85. The van der Waals surface area contributed by atoms with Crippen LogP contribution < -0.4 is 0 Å². The Morgan fingerprint density at radius 1 is 0.611 bits per heavy atom. The smallest absolute Gasteiger partial charge is 0.206 e. The van der Waals surface area contributed by atoms with Gasteiger partial charge in [0, 0.05) is 5.39 Å². The zero-order valence-corrected chi connectivity index (χ0v) is 20.7. The molecule has 0 radical (unpaired) electrons. The topological polar surface area (TPSA) is 0 Å². The predicted molar refractivity (Wildman–Crippen MR) is 141 cm³/mol. The Bertz CT molecular complexity index is 1270. The molecule has 0 aliphatic rings. The zero-order chi connectivity index (χ0) is 25.5. The van der Waals surface area contributed by atoms with Crippen molar-refractivity contribution in [3.05, 3.63) is 107 Å². The molecule has 0 aromatic heterocycles. The van der Waals surface area contributed by atoms with Crippen molar-refractivity contribution in [2.45, 2.75) is 64.5 Å². The van der Waals surface area contributed by atoms with Gasteiger partial charge in [0.05, 0.1) is 5.56 Å². The van der Waals surface area contributed by atoms with E-state index in [0.29, 0.717) is 23.8 Å². The maximum Gasteiger partial charge on any atom is 0.416 e. The summed E-state index contributed by atoms with van der Waals surface area (Å²) in [5, 5.41) is 1.40. The lowest BCUT2D eigenvalue weighted by Gasteiger charge is -2.10. The standard InChI is InChI=1S/C32H32F4/c1-2-3-4-5-6-7-23-8-13-25(14-9-23)27-18-21-30-28(22-27)17-16-26(31(30)33)15-10-24-11-19-29(20-12-24)32(34,35)36/h8-9,11-14,16-22H,2-7,10,15H2,1H3. The van der Waals surface area contributed by atoms with E-state index < -0.39 is 11.7 Å². The Labute approximate surface area is 211 Å². The van der Waals surface area contributed by atoms with Crippen LogP contribution in [-0.4, -0.2) is 0 Å². The van der Waals surface area contributed by atoms with Gasteiger partial charge in [0.1, 0.15) is 5.82 Å². The van der Waals surface area contributed by atoms with Crippen LogP contribution in [-0.2, 0) is 25.4 Å². The number of fused-ring (bicyclic) bond motifs is 1. The summed E-state index contributed by atoms with van der Waals surface area (Å²) >= 11 is 0. The summed E-state index contributed by atoms with van der Waals surface area (Å²) in [6.07, 6.45) is 4.02. The van der Waals surface area contributed by atoms with Gasteiger partial charge in [-0.1, -0.05) is 93.3 Å². The number of unbranched alkanes of at least 4 members (excludes halogenated alkanes) is 4. The molecule has 0 fully saturated rings. The van der Waals surface area contributed by atoms with E-state index in [1.54, 1.807) is 6.07 Å². The van der Waals surface area contributed by atoms with Gasteiger partial charge in [-0.05, 0) is 77.1 Å². The van der Waals surface area contributed by atoms with Crippen LogP contribution >= 0.6 is 0 Å². The zero-order valence-electron chi connectivity index (χ0n) is 20.7. The van der Waals surface area contributed by atoms with Crippen molar-refractivity contribution in [2.75, 3.05) is 0 Å². The van der Waals surface area contributed by atoms with Crippen LogP contribution in [0.2, 0.25) is 0 Å². The summed E-state index contributed by atoms with van der Waals surface area (Å²) in [5.41, 5.74) is 4.16. The highest BCUT2D eigenvalue weighted by molar-refractivity contribution is 5.88. The number of benzene rings is 4.